The predicted octanol–water partition coefficient (Wildman–Crippen LogP) is 1.25. The van der Waals surface area contributed by atoms with E-state index < -0.39 is 5.97 Å². The monoisotopic (exact) mass is 290 g/mol. The highest BCUT2D eigenvalue weighted by molar-refractivity contribution is 5.69. The van der Waals surface area contributed by atoms with Crippen molar-refractivity contribution in [2.75, 3.05) is 45.9 Å². The largest absolute Gasteiger partial charge is 0.493 e. The lowest BCUT2D eigenvalue weighted by Crippen LogP contribution is -2.35. The van der Waals surface area contributed by atoms with Gasteiger partial charge in [-0.15, -0.1) is 0 Å². The molecular weight excluding hydrogens is 268 g/mol. The first-order valence-electron chi connectivity index (χ1n) is 7.60. The fraction of sp³-hybridized carbons (Fsp3) is 0.562. The van der Waals surface area contributed by atoms with Crippen molar-refractivity contribution in [2.45, 2.75) is 12.3 Å². The summed E-state index contributed by atoms with van der Waals surface area (Å²) in [5.74, 6) is 0.721. The molecule has 21 heavy (non-hydrogen) atoms. The van der Waals surface area contributed by atoms with Crippen LogP contribution < -0.4 is 4.74 Å². The Kier molecular flexibility index (Phi) is 4.41. The Hall–Kier alpha value is -1.59. The fourth-order valence-electron chi connectivity index (χ4n) is 3.25. The van der Waals surface area contributed by atoms with E-state index in [2.05, 4.69) is 17.0 Å². The Balaban J connectivity index is 1.56. The highest BCUT2D eigenvalue weighted by Gasteiger charge is 2.26. The van der Waals surface area contributed by atoms with Gasteiger partial charge in [0.15, 0.2) is 0 Å². The summed E-state index contributed by atoms with van der Waals surface area (Å²) in [5.41, 5.74) is 1.31. The first kappa shape index (κ1) is 14.4. The quantitative estimate of drug-likeness (QED) is 0.904. The summed E-state index contributed by atoms with van der Waals surface area (Å²) in [6, 6.07) is 8.27. The van der Waals surface area contributed by atoms with Crippen molar-refractivity contribution < 1.29 is 14.6 Å². The zero-order chi connectivity index (χ0) is 14.7. The molecule has 0 aliphatic carbocycles. The lowest BCUT2D eigenvalue weighted by molar-refractivity contribution is -0.138. The molecular formula is C16H22N2O3. The normalized spacial score (nSPS) is 23.3. The number of carbonyl (C=O) groups is 1. The van der Waals surface area contributed by atoms with E-state index in [-0.39, 0.29) is 6.54 Å². The number of benzene rings is 1. The second-order valence-corrected chi connectivity index (χ2v) is 5.87. The number of ether oxygens (including phenoxy) is 1. The first-order chi connectivity index (χ1) is 10.2. The van der Waals surface area contributed by atoms with Crippen LogP contribution in [0.2, 0.25) is 0 Å². The zero-order valence-electron chi connectivity index (χ0n) is 12.2. The van der Waals surface area contributed by atoms with Crippen molar-refractivity contribution in [1.29, 1.82) is 0 Å². The molecule has 0 aromatic heterocycles. The fourth-order valence-corrected chi connectivity index (χ4v) is 3.25. The van der Waals surface area contributed by atoms with Crippen LogP contribution in [-0.2, 0) is 4.79 Å². The number of hydrogen-bond acceptors (Lipinski definition) is 4. The van der Waals surface area contributed by atoms with Crippen molar-refractivity contribution in [2.24, 2.45) is 0 Å². The highest BCUT2D eigenvalue weighted by Crippen LogP contribution is 2.33. The van der Waals surface area contributed by atoms with Crippen LogP contribution >= 0.6 is 0 Å². The number of fused-ring (bicyclic) bond motifs is 1. The van der Waals surface area contributed by atoms with Crippen LogP contribution in [0.5, 0.6) is 5.75 Å². The maximum atomic E-state index is 10.8. The second-order valence-electron chi connectivity index (χ2n) is 5.87. The Morgan fingerprint density at radius 3 is 2.81 bits per heavy atom. The molecule has 2 aliphatic heterocycles. The minimum atomic E-state index is -0.735. The summed E-state index contributed by atoms with van der Waals surface area (Å²) in [4.78, 5) is 15.3. The van der Waals surface area contributed by atoms with Gasteiger partial charge in [-0.1, -0.05) is 18.2 Å². The summed E-state index contributed by atoms with van der Waals surface area (Å²) < 4.78 is 5.74. The summed E-state index contributed by atoms with van der Waals surface area (Å²) in [6.45, 7) is 5.60. The molecule has 114 valence electrons. The van der Waals surface area contributed by atoms with Crippen LogP contribution in [0.1, 0.15) is 17.9 Å². The van der Waals surface area contributed by atoms with E-state index in [1.54, 1.807) is 0 Å². The molecule has 5 nitrogen and oxygen atoms in total. The number of hydrogen-bond donors (Lipinski definition) is 1. The molecule has 1 aromatic rings. The van der Waals surface area contributed by atoms with E-state index in [1.165, 1.54) is 5.56 Å². The minimum Gasteiger partial charge on any atom is -0.493 e. The van der Waals surface area contributed by atoms with E-state index in [0.29, 0.717) is 5.92 Å². The van der Waals surface area contributed by atoms with Crippen LogP contribution in [-0.4, -0.2) is 66.8 Å². The third-order valence-electron chi connectivity index (χ3n) is 4.32. The van der Waals surface area contributed by atoms with Gasteiger partial charge in [0.05, 0.1) is 13.2 Å². The number of carboxylic acid groups (broad SMARTS) is 1. The van der Waals surface area contributed by atoms with E-state index in [9.17, 15) is 4.79 Å². The smallest absolute Gasteiger partial charge is 0.317 e. The molecule has 2 aliphatic rings. The highest BCUT2D eigenvalue weighted by atomic mass is 16.5. The van der Waals surface area contributed by atoms with Gasteiger partial charge in [-0.05, 0) is 19.0 Å². The lowest BCUT2D eigenvalue weighted by atomic mass is 10.0. The van der Waals surface area contributed by atoms with Crippen LogP contribution in [0.25, 0.3) is 0 Å². The van der Waals surface area contributed by atoms with Gasteiger partial charge in [0.2, 0.25) is 0 Å². The van der Waals surface area contributed by atoms with Gasteiger partial charge in [0.25, 0.3) is 0 Å². The Labute approximate surface area is 125 Å². The molecule has 3 rings (SSSR count). The van der Waals surface area contributed by atoms with Crippen molar-refractivity contribution >= 4 is 5.97 Å². The summed E-state index contributed by atoms with van der Waals surface area (Å²) >= 11 is 0. The molecule has 0 spiro atoms. The van der Waals surface area contributed by atoms with E-state index >= 15 is 0 Å². The molecule has 1 atom stereocenters. The van der Waals surface area contributed by atoms with Gasteiger partial charge >= 0.3 is 5.97 Å². The molecule has 1 unspecified atom stereocenters. The van der Waals surface area contributed by atoms with Gasteiger partial charge in [-0.25, -0.2) is 0 Å². The van der Waals surface area contributed by atoms with Gasteiger partial charge in [0.1, 0.15) is 5.75 Å². The first-order valence-corrected chi connectivity index (χ1v) is 7.60. The number of para-hydroxylation sites is 1. The number of aliphatic carboxylic acids is 1. The molecule has 0 saturated carbocycles. The number of carboxylic acids is 1. The van der Waals surface area contributed by atoms with Crippen LogP contribution in [0.4, 0.5) is 0 Å². The molecule has 5 heteroatoms. The van der Waals surface area contributed by atoms with Gasteiger partial charge in [-0.3, -0.25) is 9.69 Å². The average Bonchev–Trinajstić information content (AvgIpc) is 2.74. The third-order valence-corrected chi connectivity index (χ3v) is 4.32. The topological polar surface area (TPSA) is 53.0 Å². The van der Waals surface area contributed by atoms with Crippen molar-refractivity contribution in [1.82, 2.24) is 9.80 Å². The van der Waals surface area contributed by atoms with Crippen molar-refractivity contribution in [3.63, 3.8) is 0 Å². The Morgan fingerprint density at radius 2 is 1.95 bits per heavy atom. The average molecular weight is 290 g/mol. The molecule has 1 fully saturated rings. The maximum Gasteiger partial charge on any atom is 0.317 e. The van der Waals surface area contributed by atoms with Crippen molar-refractivity contribution in [3.8, 4) is 5.75 Å². The minimum absolute atomic E-state index is 0.156. The van der Waals surface area contributed by atoms with E-state index in [0.717, 1.165) is 51.5 Å². The van der Waals surface area contributed by atoms with Gasteiger partial charge in [0, 0.05) is 37.7 Å². The van der Waals surface area contributed by atoms with Gasteiger partial charge < -0.3 is 14.7 Å². The predicted molar refractivity (Wildman–Crippen MR) is 79.8 cm³/mol. The SMILES string of the molecule is O=C(O)CN1CCCN(CC2COc3ccccc32)CC1. The number of nitrogens with zero attached hydrogens (tertiary/aromatic N) is 2. The second kappa shape index (κ2) is 6.45. The zero-order valence-corrected chi connectivity index (χ0v) is 12.2. The Morgan fingerprint density at radius 1 is 1.19 bits per heavy atom. The van der Waals surface area contributed by atoms with Crippen LogP contribution in [0.3, 0.4) is 0 Å². The van der Waals surface area contributed by atoms with E-state index in [4.69, 9.17) is 9.84 Å². The molecule has 2 heterocycles. The molecule has 1 N–H and O–H groups in total. The molecule has 1 aromatic carbocycles. The van der Waals surface area contributed by atoms with E-state index in [1.807, 2.05) is 17.0 Å². The standard InChI is InChI=1S/C16H22N2O3/c19-16(20)11-18-7-3-6-17(8-9-18)10-13-12-21-15-5-2-1-4-14(13)15/h1-2,4-5,13H,3,6-12H2,(H,19,20). The maximum absolute atomic E-state index is 10.8. The third kappa shape index (κ3) is 3.54. The summed E-state index contributed by atoms with van der Waals surface area (Å²) in [7, 11) is 0. The van der Waals surface area contributed by atoms with Crippen LogP contribution in [0, 0.1) is 0 Å². The van der Waals surface area contributed by atoms with Gasteiger partial charge in [-0.2, -0.15) is 0 Å². The summed E-state index contributed by atoms with van der Waals surface area (Å²) in [5, 5.41) is 8.89. The molecule has 0 amide bonds. The summed E-state index contributed by atoms with van der Waals surface area (Å²) in [6.07, 6.45) is 1.03. The number of rotatable bonds is 4. The molecule has 0 bridgehead atoms. The molecule has 1 saturated heterocycles. The molecule has 0 radical (unpaired) electrons. The van der Waals surface area contributed by atoms with Crippen molar-refractivity contribution in [3.05, 3.63) is 29.8 Å². The Bertz CT molecular complexity index is 506. The van der Waals surface area contributed by atoms with Crippen LogP contribution in [0.15, 0.2) is 24.3 Å². The lowest BCUT2D eigenvalue weighted by Gasteiger charge is -2.23.